The Kier molecular flexibility index (Phi) is 3.11. The van der Waals surface area contributed by atoms with Crippen LogP contribution in [0.25, 0.3) is 10.8 Å². The number of hydrogen-bond donors (Lipinski definition) is 1. The second kappa shape index (κ2) is 4.90. The Morgan fingerprint density at radius 3 is 3.06 bits per heavy atom. The fourth-order valence-corrected chi connectivity index (χ4v) is 2.61. The van der Waals surface area contributed by atoms with Gasteiger partial charge in [0.25, 0.3) is 5.56 Å². The van der Waals surface area contributed by atoms with Crippen LogP contribution < -0.4 is 10.9 Å². The zero-order valence-corrected chi connectivity index (χ0v) is 10.3. The van der Waals surface area contributed by atoms with Crippen molar-refractivity contribution in [3.05, 3.63) is 40.8 Å². The summed E-state index contributed by atoms with van der Waals surface area (Å²) in [5, 5.41) is 9.40. The third-order valence-electron chi connectivity index (χ3n) is 3.61. The molecule has 4 nitrogen and oxygen atoms in total. The van der Waals surface area contributed by atoms with Crippen molar-refractivity contribution in [2.75, 3.05) is 13.1 Å². The molecule has 1 N–H and O–H groups in total. The molecule has 4 heteroatoms. The highest BCUT2D eigenvalue weighted by molar-refractivity contribution is 5.80. The number of hydrogen-bond acceptors (Lipinski definition) is 3. The molecule has 1 saturated heterocycles. The van der Waals surface area contributed by atoms with Crippen molar-refractivity contribution in [3.8, 4) is 0 Å². The van der Waals surface area contributed by atoms with Crippen LogP contribution in [0.4, 0.5) is 0 Å². The first-order valence-electron chi connectivity index (χ1n) is 6.53. The molecule has 1 aliphatic heterocycles. The molecule has 1 aliphatic rings. The molecule has 2 heterocycles. The van der Waals surface area contributed by atoms with Gasteiger partial charge in [-0.25, -0.2) is 4.68 Å². The van der Waals surface area contributed by atoms with Gasteiger partial charge in [-0.05, 0) is 38.4 Å². The van der Waals surface area contributed by atoms with E-state index >= 15 is 0 Å². The maximum Gasteiger partial charge on any atom is 0.274 e. The lowest BCUT2D eigenvalue weighted by molar-refractivity contribution is 0.399. The summed E-state index contributed by atoms with van der Waals surface area (Å²) in [4.78, 5) is 12.4. The molecule has 1 atom stereocenters. The van der Waals surface area contributed by atoms with Gasteiger partial charge < -0.3 is 5.32 Å². The van der Waals surface area contributed by atoms with E-state index < -0.39 is 0 Å². The van der Waals surface area contributed by atoms with Gasteiger partial charge in [-0.3, -0.25) is 4.79 Å². The molecule has 18 heavy (non-hydrogen) atoms. The standard InChI is InChI=1S/C14H17N3O/c18-14-13-6-2-1-4-11(13)10-16-17(14)12-5-3-8-15-9-7-12/h1-2,4,6,10,12,15H,3,5,7-9H2. The monoisotopic (exact) mass is 243 g/mol. The fraction of sp³-hybridized carbons (Fsp3) is 0.429. The first-order valence-corrected chi connectivity index (χ1v) is 6.53. The molecular formula is C14H17N3O. The normalized spacial score (nSPS) is 20.8. The lowest BCUT2D eigenvalue weighted by Crippen LogP contribution is -2.28. The van der Waals surface area contributed by atoms with E-state index in [1.807, 2.05) is 24.3 Å². The van der Waals surface area contributed by atoms with Crippen LogP contribution in [-0.2, 0) is 0 Å². The van der Waals surface area contributed by atoms with E-state index in [0.29, 0.717) is 0 Å². The van der Waals surface area contributed by atoms with Gasteiger partial charge in [0.05, 0.1) is 17.6 Å². The molecule has 0 saturated carbocycles. The summed E-state index contributed by atoms with van der Waals surface area (Å²) >= 11 is 0. The Hall–Kier alpha value is -1.68. The molecule has 1 unspecified atom stereocenters. The second-order valence-electron chi connectivity index (χ2n) is 4.82. The zero-order valence-electron chi connectivity index (χ0n) is 10.3. The third-order valence-corrected chi connectivity index (χ3v) is 3.61. The summed E-state index contributed by atoms with van der Waals surface area (Å²) in [6.45, 7) is 2.00. The number of aromatic nitrogens is 2. The summed E-state index contributed by atoms with van der Waals surface area (Å²) in [6, 6.07) is 7.89. The van der Waals surface area contributed by atoms with E-state index in [-0.39, 0.29) is 11.6 Å². The molecule has 0 bridgehead atoms. The lowest BCUT2D eigenvalue weighted by atomic mass is 10.1. The molecule has 1 fully saturated rings. The van der Waals surface area contributed by atoms with Crippen molar-refractivity contribution in [2.45, 2.75) is 25.3 Å². The molecule has 0 spiro atoms. The molecule has 2 aromatic rings. The minimum absolute atomic E-state index is 0.0417. The summed E-state index contributed by atoms with van der Waals surface area (Å²) in [5.74, 6) is 0. The summed E-state index contributed by atoms with van der Waals surface area (Å²) in [5.41, 5.74) is 0.0417. The molecule has 1 aromatic heterocycles. The molecule has 94 valence electrons. The fourth-order valence-electron chi connectivity index (χ4n) is 2.61. The first kappa shape index (κ1) is 11.4. The van der Waals surface area contributed by atoms with E-state index in [1.165, 1.54) is 0 Å². The predicted octanol–water partition coefficient (Wildman–Crippen LogP) is 1.71. The van der Waals surface area contributed by atoms with Crippen molar-refractivity contribution in [1.29, 1.82) is 0 Å². The predicted molar refractivity (Wildman–Crippen MR) is 71.8 cm³/mol. The highest BCUT2D eigenvalue weighted by atomic mass is 16.1. The Morgan fingerprint density at radius 1 is 1.22 bits per heavy atom. The smallest absolute Gasteiger partial charge is 0.274 e. The third kappa shape index (κ3) is 2.04. The quantitative estimate of drug-likeness (QED) is 0.829. The molecule has 1 aromatic carbocycles. The SMILES string of the molecule is O=c1c2ccccc2cnn1C1CCCNCC1. The van der Waals surface area contributed by atoms with Gasteiger partial charge in [0, 0.05) is 5.39 Å². The van der Waals surface area contributed by atoms with Gasteiger partial charge in [-0.15, -0.1) is 0 Å². The van der Waals surface area contributed by atoms with Gasteiger partial charge in [0.15, 0.2) is 0 Å². The van der Waals surface area contributed by atoms with Gasteiger partial charge in [-0.1, -0.05) is 18.2 Å². The molecule has 0 aliphatic carbocycles. The van der Waals surface area contributed by atoms with Crippen LogP contribution in [0.15, 0.2) is 35.3 Å². The molecule has 0 radical (unpaired) electrons. The topological polar surface area (TPSA) is 46.9 Å². The Morgan fingerprint density at radius 2 is 2.11 bits per heavy atom. The Balaban J connectivity index is 2.06. The van der Waals surface area contributed by atoms with Crippen LogP contribution in [0.5, 0.6) is 0 Å². The average molecular weight is 243 g/mol. The van der Waals surface area contributed by atoms with Crippen LogP contribution in [0.3, 0.4) is 0 Å². The molecule has 0 amide bonds. The van der Waals surface area contributed by atoms with Gasteiger partial charge in [-0.2, -0.15) is 5.10 Å². The largest absolute Gasteiger partial charge is 0.317 e. The van der Waals surface area contributed by atoms with Crippen LogP contribution in [0.2, 0.25) is 0 Å². The second-order valence-corrected chi connectivity index (χ2v) is 4.82. The molecule has 3 rings (SSSR count). The average Bonchev–Trinajstić information content (AvgIpc) is 2.68. The minimum atomic E-state index is 0.0417. The highest BCUT2D eigenvalue weighted by Gasteiger charge is 2.16. The van der Waals surface area contributed by atoms with Crippen LogP contribution in [0.1, 0.15) is 25.3 Å². The van der Waals surface area contributed by atoms with E-state index in [0.717, 1.165) is 43.1 Å². The zero-order chi connectivity index (χ0) is 12.4. The van der Waals surface area contributed by atoms with E-state index in [9.17, 15) is 4.79 Å². The van der Waals surface area contributed by atoms with Gasteiger partial charge >= 0.3 is 0 Å². The van der Waals surface area contributed by atoms with Crippen molar-refractivity contribution >= 4 is 10.8 Å². The first-order chi connectivity index (χ1) is 8.86. The number of benzene rings is 1. The number of nitrogens with one attached hydrogen (secondary N) is 1. The van der Waals surface area contributed by atoms with E-state index in [4.69, 9.17) is 0 Å². The summed E-state index contributed by atoms with van der Waals surface area (Å²) in [7, 11) is 0. The maximum atomic E-state index is 12.4. The highest BCUT2D eigenvalue weighted by Crippen LogP contribution is 2.18. The van der Waals surface area contributed by atoms with Crippen molar-refractivity contribution < 1.29 is 0 Å². The van der Waals surface area contributed by atoms with Crippen molar-refractivity contribution in [1.82, 2.24) is 15.1 Å². The van der Waals surface area contributed by atoms with E-state index in [2.05, 4.69) is 10.4 Å². The summed E-state index contributed by atoms with van der Waals surface area (Å²) in [6.07, 6.45) is 4.91. The number of fused-ring (bicyclic) bond motifs is 1. The van der Waals surface area contributed by atoms with E-state index in [1.54, 1.807) is 10.9 Å². The van der Waals surface area contributed by atoms with Crippen molar-refractivity contribution in [2.24, 2.45) is 0 Å². The van der Waals surface area contributed by atoms with Gasteiger partial charge in [0.1, 0.15) is 0 Å². The minimum Gasteiger partial charge on any atom is -0.317 e. The Bertz CT molecular complexity index is 597. The molecular weight excluding hydrogens is 226 g/mol. The van der Waals surface area contributed by atoms with Crippen molar-refractivity contribution in [3.63, 3.8) is 0 Å². The lowest BCUT2D eigenvalue weighted by Gasteiger charge is -2.16. The number of rotatable bonds is 1. The maximum absolute atomic E-state index is 12.4. The van der Waals surface area contributed by atoms with Crippen LogP contribution >= 0.6 is 0 Å². The Labute approximate surface area is 106 Å². The summed E-state index contributed by atoms with van der Waals surface area (Å²) < 4.78 is 1.68. The van der Waals surface area contributed by atoms with Crippen LogP contribution in [-0.4, -0.2) is 22.9 Å². The van der Waals surface area contributed by atoms with Crippen LogP contribution in [0, 0.1) is 0 Å². The number of nitrogens with zero attached hydrogens (tertiary/aromatic N) is 2. The van der Waals surface area contributed by atoms with Gasteiger partial charge in [0.2, 0.25) is 0 Å².